The van der Waals surface area contributed by atoms with Gasteiger partial charge in [-0.15, -0.1) is 0 Å². The molecule has 0 aromatic heterocycles. The molecule has 10 nitrogen and oxygen atoms in total. The van der Waals surface area contributed by atoms with E-state index in [2.05, 4.69) is 0 Å². The Balaban J connectivity index is 1.58. The summed E-state index contributed by atoms with van der Waals surface area (Å²) in [6.45, 7) is 2.06. The van der Waals surface area contributed by atoms with E-state index in [4.69, 9.17) is 8.92 Å². The van der Waals surface area contributed by atoms with Crippen LogP contribution in [0.1, 0.15) is 16.7 Å². The van der Waals surface area contributed by atoms with Crippen molar-refractivity contribution in [1.82, 2.24) is 4.90 Å². The van der Waals surface area contributed by atoms with Crippen LogP contribution >= 0.6 is 11.8 Å². The van der Waals surface area contributed by atoms with Crippen molar-refractivity contribution in [2.24, 2.45) is 0 Å². The standard InChI is InChI=1S/C25H20N2O8S2/c1-16-6-5-7-18(12-16)15-26-24(28)22(36-25(26)29)14-17-10-11-20(21(13-17)34-2)35-37(32,33)23-9-4-3-8-19(23)27(30)31/h3-14H,15H2,1-2H3/b22-14-. The molecule has 0 spiro atoms. The second-order valence-corrected chi connectivity index (χ2v) is 10.4. The highest BCUT2D eigenvalue weighted by Gasteiger charge is 2.35. The Morgan fingerprint density at radius 2 is 1.78 bits per heavy atom. The van der Waals surface area contributed by atoms with Gasteiger partial charge in [0.25, 0.3) is 16.8 Å². The Morgan fingerprint density at radius 3 is 2.49 bits per heavy atom. The average molecular weight is 541 g/mol. The maximum absolute atomic E-state index is 12.9. The van der Waals surface area contributed by atoms with Crippen LogP contribution in [0.4, 0.5) is 10.5 Å². The van der Waals surface area contributed by atoms with Crippen molar-refractivity contribution in [3.8, 4) is 11.5 Å². The van der Waals surface area contributed by atoms with Gasteiger partial charge in [-0.2, -0.15) is 8.42 Å². The molecule has 1 saturated heterocycles. The summed E-state index contributed by atoms with van der Waals surface area (Å²) in [5.41, 5.74) is 1.66. The predicted octanol–water partition coefficient (Wildman–Crippen LogP) is 4.92. The second-order valence-electron chi connectivity index (χ2n) is 7.93. The van der Waals surface area contributed by atoms with Gasteiger partial charge in [0, 0.05) is 6.07 Å². The Kier molecular flexibility index (Phi) is 7.32. The molecule has 0 atom stereocenters. The van der Waals surface area contributed by atoms with Crippen LogP contribution in [0.2, 0.25) is 0 Å². The van der Waals surface area contributed by atoms with Gasteiger partial charge in [0.05, 0.1) is 23.5 Å². The van der Waals surface area contributed by atoms with Crippen molar-refractivity contribution >= 4 is 44.8 Å². The molecule has 0 bridgehead atoms. The van der Waals surface area contributed by atoms with Crippen molar-refractivity contribution in [3.63, 3.8) is 0 Å². The van der Waals surface area contributed by atoms with Gasteiger partial charge < -0.3 is 8.92 Å². The van der Waals surface area contributed by atoms with Crippen LogP contribution in [0, 0.1) is 17.0 Å². The molecular formula is C25H20N2O8S2. The first kappa shape index (κ1) is 25.9. The molecule has 0 saturated carbocycles. The number of thioether (sulfide) groups is 1. The van der Waals surface area contributed by atoms with Gasteiger partial charge in [0.15, 0.2) is 16.4 Å². The number of hydrogen-bond acceptors (Lipinski definition) is 9. The highest BCUT2D eigenvalue weighted by atomic mass is 32.2. The molecule has 0 N–H and O–H groups in total. The Bertz CT molecular complexity index is 1550. The van der Waals surface area contributed by atoms with Crippen LogP contribution in [-0.4, -0.2) is 36.5 Å². The van der Waals surface area contributed by atoms with E-state index >= 15 is 0 Å². The predicted molar refractivity (Wildman–Crippen MR) is 137 cm³/mol. The molecule has 4 rings (SSSR count). The first-order valence-corrected chi connectivity index (χ1v) is 13.0. The zero-order chi connectivity index (χ0) is 26.7. The quantitative estimate of drug-likeness (QED) is 0.169. The van der Waals surface area contributed by atoms with E-state index in [0.29, 0.717) is 5.56 Å². The maximum atomic E-state index is 12.9. The molecule has 1 fully saturated rings. The number of benzene rings is 3. The molecular weight excluding hydrogens is 520 g/mol. The second kappa shape index (κ2) is 10.4. The van der Waals surface area contributed by atoms with E-state index in [-0.39, 0.29) is 22.9 Å². The lowest BCUT2D eigenvalue weighted by Crippen LogP contribution is -2.27. The summed E-state index contributed by atoms with van der Waals surface area (Å²) >= 11 is 0.796. The molecule has 1 aliphatic rings. The van der Waals surface area contributed by atoms with Gasteiger partial charge in [0.2, 0.25) is 0 Å². The summed E-state index contributed by atoms with van der Waals surface area (Å²) < 4.78 is 35.9. The lowest BCUT2D eigenvalue weighted by molar-refractivity contribution is -0.387. The largest absolute Gasteiger partial charge is 0.493 e. The van der Waals surface area contributed by atoms with E-state index in [0.717, 1.165) is 39.9 Å². The normalized spacial score (nSPS) is 14.8. The third-order valence-electron chi connectivity index (χ3n) is 5.31. The Morgan fingerprint density at radius 1 is 1.03 bits per heavy atom. The molecule has 1 heterocycles. The van der Waals surface area contributed by atoms with Crippen molar-refractivity contribution in [2.45, 2.75) is 18.4 Å². The van der Waals surface area contributed by atoms with Gasteiger partial charge in [0.1, 0.15) is 0 Å². The highest BCUT2D eigenvalue weighted by molar-refractivity contribution is 8.18. The lowest BCUT2D eigenvalue weighted by Gasteiger charge is -2.13. The van der Waals surface area contributed by atoms with Gasteiger partial charge in [-0.05, 0) is 54.1 Å². The molecule has 0 unspecified atom stereocenters. The maximum Gasteiger partial charge on any atom is 0.346 e. The molecule has 3 aromatic carbocycles. The van der Waals surface area contributed by atoms with Crippen LogP contribution in [0.15, 0.2) is 76.5 Å². The number of nitrogens with zero attached hydrogens (tertiary/aromatic N) is 2. The number of amides is 2. The van der Waals surface area contributed by atoms with Crippen LogP contribution < -0.4 is 8.92 Å². The first-order valence-electron chi connectivity index (χ1n) is 10.8. The number of methoxy groups -OCH3 is 1. The molecule has 1 aliphatic heterocycles. The van der Waals surface area contributed by atoms with E-state index < -0.39 is 36.8 Å². The topological polar surface area (TPSA) is 133 Å². The number of ether oxygens (including phenoxy) is 1. The number of hydrogen-bond donors (Lipinski definition) is 0. The monoisotopic (exact) mass is 540 g/mol. The minimum Gasteiger partial charge on any atom is -0.493 e. The van der Waals surface area contributed by atoms with E-state index in [1.54, 1.807) is 0 Å². The number of rotatable bonds is 8. The number of carbonyl (C=O) groups is 2. The van der Waals surface area contributed by atoms with Crippen molar-refractivity contribution < 1.29 is 31.9 Å². The number of imide groups is 1. The summed E-state index contributed by atoms with van der Waals surface area (Å²) in [4.78, 5) is 36.5. The van der Waals surface area contributed by atoms with Crippen molar-refractivity contribution in [2.75, 3.05) is 7.11 Å². The summed E-state index contributed by atoms with van der Waals surface area (Å²) in [5, 5.41) is 10.8. The summed E-state index contributed by atoms with van der Waals surface area (Å²) in [7, 11) is -3.27. The van der Waals surface area contributed by atoms with E-state index in [9.17, 15) is 28.1 Å². The van der Waals surface area contributed by atoms with Crippen molar-refractivity contribution in [1.29, 1.82) is 0 Å². The van der Waals surface area contributed by atoms with Gasteiger partial charge in [-0.3, -0.25) is 24.6 Å². The average Bonchev–Trinajstić information content (AvgIpc) is 3.12. The van der Waals surface area contributed by atoms with Crippen LogP contribution in [0.25, 0.3) is 6.08 Å². The zero-order valence-corrected chi connectivity index (χ0v) is 21.2. The number of nitro benzene ring substituents is 1. The fourth-order valence-electron chi connectivity index (χ4n) is 3.61. The van der Waals surface area contributed by atoms with E-state index in [1.807, 2.05) is 31.2 Å². The molecule has 12 heteroatoms. The molecule has 190 valence electrons. The minimum atomic E-state index is -4.56. The summed E-state index contributed by atoms with van der Waals surface area (Å²) in [5.74, 6) is -0.644. The third-order valence-corrected chi connectivity index (χ3v) is 7.50. The lowest BCUT2D eigenvalue weighted by atomic mass is 10.1. The number of nitro groups is 1. The molecule has 3 aromatic rings. The number of carbonyl (C=O) groups excluding carboxylic acids is 2. The first-order chi connectivity index (χ1) is 17.6. The Labute approximate surface area is 216 Å². The van der Waals surface area contributed by atoms with Crippen LogP contribution in [0.5, 0.6) is 11.5 Å². The number of aryl methyl sites for hydroxylation is 1. The smallest absolute Gasteiger partial charge is 0.346 e. The number of para-hydroxylation sites is 1. The Hall–Kier alpha value is -4.16. The molecule has 37 heavy (non-hydrogen) atoms. The van der Waals surface area contributed by atoms with Crippen LogP contribution in [0.3, 0.4) is 0 Å². The minimum absolute atomic E-state index is 0.00917. The fourth-order valence-corrected chi connectivity index (χ4v) is 5.55. The third kappa shape index (κ3) is 5.65. The highest BCUT2D eigenvalue weighted by Crippen LogP contribution is 2.36. The van der Waals surface area contributed by atoms with Gasteiger partial charge >= 0.3 is 10.1 Å². The molecule has 0 aliphatic carbocycles. The molecule has 2 amide bonds. The molecule has 0 radical (unpaired) electrons. The van der Waals surface area contributed by atoms with Gasteiger partial charge in [-0.1, -0.05) is 48.0 Å². The summed E-state index contributed by atoms with van der Waals surface area (Å²) in [6.07, 6.45) is 1.49. The zero-order valence-electron chi connectivity index (χ0n) is 19.6. The van der Waals surface area contributed by atoms with Gasteiger partial charge in [-0.25, -0.2) is 0 Å². The van der Waals surface area contributed by atoms with Crippen LogP contribution in [-0.2, 0) is 21.5 Å². The summed E-state index contributed by atoms with van der Waals surface area (Å²) in [6, 6.07) is 16.5. The SMILES string of the molecule is COc1cc(/C=C2\SC(=O)N(Cc3cccc(C)c3)C2=O)ccc1OS(=O)(=O)c1ccccc1[N+](=O)[O-]. The van der Waals surface area contributed by atoms with Crippen molar-refractivity contribution in [3.05, 3.63) is 98.4 Å². The fraction of sp³-hybridized carbons (Fsp3) is 0.120. The van der Waals surface area contributed by atoms with E-state index in [1.165, 1.54) is 43.5 Å².